The fourth-order valence-electron chi connectivity index (χ4n) is 1.76. The molecule has 21 heavy (non-hydrogen) atoms. The van der Waals surface area contributed by atoms with Gasteiger partial charge in [0.1, 0.15) is 0 Å². The minimum Gasteiger partial charge on any atom is -0.462 e. The summed E-state index contributed by atoms with van der Waals surface area (Å²) in [4.78, 5) is 27.4. The number of amides is 1. The predicted octanol–water partition coefficient (Wildman–Crippen LogP) is 2.19. The average molecular weight is 284 g/mol. The van der Waals surface area contributed by atoms with Crippen LogP contribution in [0, 0.1) is 0 Å². The third kappa shape index (κ3) is 4.14. The molecule has 5 nitrogen and oxygen atoms in total. The van der Waals surface area contributed by atoms with E-state index in [0.717, 1.165) is 5.56 Å². The van der Waals surface area contributed by atoms with Crippen molar-refractivity contribution in [1.82, 2.24) is 10.3 Å². The Balaban J connectivity index is 1.95. The quantitative estimate of drug-likeness (QED) is 0.855. The van der Waals surface area contributed by atoms with Crippen molar-refractivity contribution in [2.24, 2.45) is 0 Å². The number of pyridine rings is 1. The first-order chi connectivity index (χ1) is 10.2. The van der Waals surface area contributed by atoms with Gasteiger partial charge in [-0.15, -0.1) is 0 Å². The SMILES string of the molecule is CCOC(=O)c1ccc(C(=O)NCc2ccncc2)cc1. The Labute approximate surface area is 123 Å². The highest BCUT2D eigenvalue weighted by Crippen LogP contribution is 2.06. The average Bonchev–Trinajstić information content (AvgIpc) is 2.54. The molecule has 0 saturated heterocycles. The van der Waals surface area contributed by atoms with E-state index in [-0.39, 0.29) is 11.9 Å². The number of carbonyl (C=O) groups excluding carboxylic acids is 2. The Kier molecular flexibility index (Phi) is 5.04. The van der Waals surface area contributed by atoms with Crippen LogP contribution in [0.15, 0.2) is 48.8 Å². The number of nitrogens with zero attached hydrogens (tertiary/aromatic N) is 1. The molecule has 0 unspecified atom stereocenters. The number of ether oxygens (including phenoxy) is 1. The van der Waals surface area contributed by atoms with Gasteiger partial charge >= 0.3 is 5.97 Å². The summed E-state index contributed by atoms with van der Waals surface area (Å²) in [5.41, 5.74) is 1.90. The number of nitrogens with one attached hydrogen (secondary N) is 1. The second-order valence-electron chi connectivity index (χ2n) is 4.34. The zero-order valence-electron chi connectivity index (χ0n) is 11.7. The molecule has 0 bridgehead atoms. The first kappa shape index (κ1) is 14.7. The van der Waals surface area contributed by atoms with Gasteiger partial charge in [0.05, 0.1) is 12.2 Å². The number of hydrogen-bond donors (Lipinski definition) is 1. The van der Waals surface area contributed by atoms with Crippen LogP contribution in [0.25, 0.3) is 0 Å². The molecule has 1 amide bonds. The number of benzene rings is 1. The molecule has 0 spiro atoms. The molecule has 2 rings (SSSR count). The van der Waals surface area contributed by atoms with Crippen molar-refractivity contribution in [2.75, 3.05) is 6.61 Å². The molecule has 0 radical (unpaired) electrons. The van der Waals surface area contributed by atoms with Crippen LogP contribution in [-0.2, 0) is 11.3 Å². The number of rotatable bonds is 5. The molecule has 2 aromatic rings. The van der Waals surface area contributed by atoms with Gasteiger partial charge in [0.25, 0.3) is 5.91 Å². The molecular formula is C16H16N2O3. The van der Waals surface area contributed by atoms with Gasteiger partial charge in [-0.05, 0) is 48.9 Å². The molecule has 108 valence electrons. The van der Waals surface area contributed by atoms with Gasteiger partial charge in [-0.1, -0.05) is 0 Å². The predicted molar refractivity (Wildman–Crippen MR) is 77.8 cm³/mol. The molecule has 0 fully saturated rings. The highest BCUT2D eigenvalue weighted by molar-refractivity contribution is 5.96. The van der Waals surface area contributed by atoms with E-state index in [0.29, 0.717) is 24.3 Å². The fourth-order valence-corrected chi connectivity index (χ4v) is 1.76. The standard InChI is InChI=1S/C16H16N2O3/c1-2-21-16(20)14-5-3-13(4-6-14)15(19)18-11-12-7-9-17-10-8-12/h3-10H,2,11H2,1H3,(H,18,19). The van der Waals surface area contributed by atoms with Crippen LogP contribution in [0.2, 0.25) is 0 Å². The summed E-state index contributed by atoms with van der Waals surface area (Å²) >= 11 is 0. The van der Waals surface area contributed by atoms with Gasteiger partial charge in [0.15, 0.2) is 0 Å². The van der Waals surface area contributed by atoms with Crippen LogP contribution < -0.4 is 5.32 Å². The maximum absolute atomic E-state index is 12.0. The summed E-state index contributed by atoms with van der Waals surface area (Å²) in [5.74, 6) is -0.580. The van der Waals surface area contributed by atoms with Crippen molar-refractivity contribution in [3.8, 4) is 0 Å². The Morgan fingerprint density at radius 2 is 1.67 bits per heavy atom. The van der Waals surface area contributed by atoms with Crippen LogP contribution in [0.5, 0.6) is 0 Å². The topological polar surface area (TPSA) is 68.3 Å². The van der Waals surface area contributed by atoms with Gasteiger partial charge in [-0.25, -0.2) is 4.79 Å². The van der Waals surface area contributed by atoms with Crippen LogP contribution >= 0.6 is 0 Å². The van der Waals surface area contributed by atoms with Gasteiger partial charge in [-0.3, -0.25) is 9.78 Å². The lowest BCUT2D eigenvalue weighted by Gasteiger charge is -2.06. The lowest BCUT2D eigenvalue weighted by Crippen LogP contribution is -2.22. The Bertz CT molecular complexity index is 609. The van der Waals surface area contributed by atoms with E-state index in [2.05, 4.69) is 10.3 Å². The number of carbonyl (C=O) groups is 2. The largest absolute Gasteiger partial charge is 0.462 e. The van der Waals surface area contributed by atoms with Gasteiger partial charge < -0.3 is 10.1 Å². The fraction of sp³-hybridized carbons (Fsp3) is 0.188. The summed E-state index contributed by atoms with van der Waals surface area (Å²) in [6.45, 7) is 2.51. The minimum atomic E-state index is -0.388. The summed E-state index contributed by atoms with van der Waals surface area (Å²) in [7, 11) is 0. The second kappa shape index (κ2) is 7.19. The molecule has 0 saturated carbocycles. The molecule has 1 aromatic heterocycles. The van der Waals surface area contributed by atoms with E-state index in [1.807, 2.05) is 12.1 Å². The Morgan fingerprint density at radius 3 is 2.29 bits per heavy atom. The van der Waals surface area contributed by atoms with Crippen molar-refractivity contribution in [3.05, 3.63) is 65.5 Å². The van der Waals surface area contributed by atoms with E-state index in [4.69, 9.17) is 4.74 Å². The van der Waals surface area contributed by atoms with E-state index in [9.17, 15) is 9.59 Å². The summed E-state index contributed by atoms with van der Waals surface area (Å²) in [6.07, 6.45) is 3.35. The zero-order valence-corrected chi connectivity index (χ0v) is 11.7. The van der Waals surface area contributed by atoms with Crippen molar-refractivity contribution in [2.45, 2.75) is 13.5 Å². The molecule has 0 aliphatic heterocycles. The zero-order chi connectivity index (χ0) is 15.1. The third-order valence-electron chi connectivity index (χ3n) is 2.86. The second-order valence-corrected chi connectivity index (χ2v) is 4.34. The van der Waals surface area contributed by atoms with Crippen molar-refractivity contribution in [1.29, 1.82) is 0 Å². The molecular weight excluding hydrogens is 268 g/mol. The highest BCUT2D eigenvalue weighted by Gasteiger charge is 2.09. The van der Waals surface area contributed by atoms with E-state index < -0.39 is 0 Å². The first-order valence-corrected chi connectivity index (χ1v) is 6.65. The van der Waals surface area contributed by atoms with E-state index in [1.54, 1.807) is 43.6 Å². The highest BCUT2D eigenvalue weighted by atomic mass is 16.5. The van der Waals surface area contributed by atoms with Crippen LogP contribution in [0.1, 0.15) is 33.2 Å². The number of esters is 1. The molecule has 0 atom stereocenters. The normalized spacial score (nSPS) is 9.95. The molecule has 5 heteroatoms. The maximum Gasteiger partial charge on any atom is 0.338 e. The lowest BCUT2D eigenvalue weighted by molar-refractivity contribution is 0.0526. The van der Waals surface area contributed by atoms with E-state index in [1.165, 1.54) is 0 Å². The Hall–Kier alpha value is -2.69. The van der Waals surface area contributed by atoms with Crippen LogP contribution in [0.3, 0.4) is 0 Å². The molecule has 1 heterocycles. The smallest absolute Gasteiger partial charge is 0.338 e. The van der Waals surface area contributed by atoms with Crippen molar-refractivity contribution < 1.29 is 14.3 Å². The first-order valence-electron chi connectivity index (χ1n) is 6.65. The molecule has 0 aliphatic rings. The van der Waals surface area contributed by atoms with Crippen molar-refractivity contribution in [3.63, 3.8) is 0 Å². The summed E-state index contributed by atoms with van der Waals surface area (Å²) in [6, 6.07) is 10.1. The molecule has 1 N–H and O–H groups in total. The summed E-state index contributed by atoms with van der Waals surface area (Å²) in [5, 5.41) is 2.81. The van der Waals surface area contributed by atoms with Crippen LogP contribution in [0.4, 0.5) is 0 Å². The van der Waals surface area contributed by atoms with Gasteiger partial charge in [-0.2, -0.15) is 0 Å². The minimum absolute atomic E-state index is 0.192. The summed E-state index contributed by atoms with van der Waals surface area (Å²) < 4.78 is 4.89. The van der Waals surface area contributed by atoms with Gasteiger partial charge in [0, 0.05) is 24.5 Å². The lowest BCUT2D eigenvalue weighted by atomic mass is 10.1. The van der Waals surface area contributed by atoms with Crippen molar-refractivity contribution >= 4 is 11.9 Å². The Morgan fingerprint density at radius 1 is 1.05 bits per heavy atom. The molecule has 1 aromatic carbocycles. The molecule has 0 aliphatic carbocycles. The van der Waals surface area contributed by atoms with Crippen LogP contribution in [-0.4, -0.2) is 23.5 Å². The third-order valence-corrected chi connectivity index (χ3v) is 2.86. The number of aromatic nitrogens is 1. The monoisotopic (exact) mass is 284 g/mol. The maximum atomic E-state index is 12.0. The number of hydrogen-bond acceptors (Lipinski definition) is 4. The van der Waals surface area contributed by atoms with Gasteiger partial charge in [0.2, 0.25) is 0 Å². The van der Waals surface area contributed by atoms with E-state index >= 15 is 0 Å².